The molecule has 1 aromatic carbocycles. The Morgan fingerprint density at radius 1 is 1.26 bits per heavy atom. The Labute approximate surface area is 155 Å². The van der Waals surface area contributed by atoms with E-state index in [1.807, 2.05) is 19.1 Å². The highest BCUT2D eigenvalue weighted by Crippen LogP contribution is 2.44. The van der Waals surface area contributed by atoms with Crippen molar-refractivity contribution in [1.29, 1.82) is 0 Å². The van der Waals surface area contributed by atoms with E-state index in [0.29, 0.717) is 40.2 Å². The molecule has 0 radical (unpaired) electrons. The Balaban J connectivity index is 1.58. The van der Waals surface area contributed by atoms with E-state index in [0.717, 1.165) is 24.2 Å². The Kier molecular flexibility index (Phi) is 4.31. The van der Waals surface area contributed by atoms with Gasteiger partial charge < -0.3 is 19.3 Å². The number of aromatic nitrogens is 3. The van der Waals surface area contributed by atoms with Crippen molar-refractivity contribution in [3.8, 4) is 22.8 Å². The SMILES string of the molecule is COc1ccc(-c2cc(C(=O)Nc3c(C)noc3C3CC3)[nH]n2)c(OC)c1. The maximum Gasteiger partial charge on any atom is 0.273 e. The molecule has 1 aliphatic carbocycles. The molecule has 8 nitrogen and oxygen atoms in total. The summed E-state index contributed by atoms with van der Waals surface area (Å²) in [7, 11) is 3.17. The van der Waals surface area contributed by atoms with E-state index in [9.17, 15) is 4.79 Å². The Hall–Kier alpha value is -3.29. The van der Waals surface area contributed by atoms with Crippen LogP contribution in [-0.2, 0) is 0 Å². The highest BCUT2D eigenvalue weighted by Gasteiger charge is 2.32. The number of amides is 1. The monoisotopic (exact) mass is 368 g/mol. The van der Waals surface area contributed by atoms with Crippen molar-refractivity contribution in [2.75, 3.05) is 19.5 Å². The summed E-state index contributed by atoms with van der Waals surface area (Å²) in [5.74, 6) is 2.09. The maximum atomic E-state index is 12.7. The van der Waals surface area contributed by atoms with Crippen molar-refractivity contribution in [3.63, 3.8) is 0 Å². The van der Waals surface area contributed by atoms with Crippen molar-refractivity contribution in [3.05, 3.63) is 41.4 Å². The number of hydrogen-bond donors (Lipinski definition) is 2. The lowest BCUT2D eigenvalue weighted by molar-refractivity contribution is 0.102. The summed E-state index contributed by atoms with van der Waals surface area (Å²) in [5, 5.41) is 13.9. The van der Waals surface area contributed by atoms with Crippen LogP contribution in [0.3, 0.4) is 0 Å². The molecule has 1 amide bonds. The largest absolute Gasteiger partial charge is 0.497 e. The summed E-state index contributed by atoms with van der Waals surface area (Å²) in [6.45, 7) is 1.81. The van der Waals surface area contributed by atoms with Crippen LogP contribution >= 0.6 is 0 Å². The van der Waals surface area contributed by atoms with Gasteiger partial charge in [-0.2, -0.15) is 5.10 Å². The molecule has 2 N–H and O–H groups in total. The van der Waals surface area contributed by atoms with Gasteiger partial charge in [-0.25, -0.2) is 0 Å². The molecule has 1 aliphatic rings. The molecule has 27 heavy (non-hydrogen) atoms. The molecular weight excluding hydrogens is 348 g/mol. The molecule has 0 atom stereocenters. The first-order chi connectivity index (χ1) is 13.1. The number of aryl methyl sites for hydroxylation is 1. The average Bonchev–Trinajstić information content (AvgIpc) is 3.30. The average molecular weight is 368 g/mol. The summed E-state index contributed by atoms with van der Waals surface area (Å²) in [6.07, 6.45) is 2.12. The number of H-pyrrole nitrogens is 1. The van der Waals surface area contributed by atoms with Gasteiger partial charge in [0.1, 0.15) is 28.6 Å². The number of rotatable bonds is 6. The molecule has 0 saturated heterocycles. The van der Waals surface area contributed by atoms with E-state index in [-0.39, 0.29) is 5.91 Å². The zero-order valence-corrected chi connectivity index (χ0v) is 15.3. The van der Waals surface area contributed by atoms with E-state index in [1.54, 1.807) is 26.4 Å². The fourth-order valence-corrected chi connectivity index (χ4v) is 2.93. The molecule has 8 heteroatoms. The third kappa shape index (κ3) is 3.25. The summed E-state index contributed by atoms with van der Waals surface area (Å²) in [4.78, 5) is 12.7. The molecule has 0 spiro atoms. The molecule has 0 unspecified atom stereocenters. The van der Waals surface area contributed by atoms with Crippen molar-refractivity contribution in [2.24, 2.45) is 0 Å². The predicted octanol–water partition coefficient (Wildman–Crippen LogP) is 3.52. The van der Waals surface area contributed by atoms with Crippen LogP contribution < -0.4 is 14.8 Å². The van der Waals surface area contributed by atoms with Gasteiger partial charge in [-0.15, -0.1) is 0 Å². The van der Waals surface area contributed by atoms with Gasteiger partial charge in [-0.05, 0) is 38.0 Å². The molecule has 2 heterocycles. The van der Waals surface area contributed by atoms with Gasteiger partial charge in [0.2, 0.25) is 0 Å². The van der Waals surface area contributed by atoms with E-state index in [2.05, 4.69) is 20.7 Å². The summed E-state index contributed by atoms with van der Waals surface area (Å²) < 4.78 is 16.0. The van der Waals surface area contributed by atoms with Crippen LogP contribution in [0.15, 0.2) is 28.8 Å². The van der Waals surface area contributed by atoms with Gasteiger partial charge in [-0.1, -0.05) is 5.16 Å². The second kappa shape index (κ2) is 6.79. The molecule has 1 fully saturated rings. The number of nitrogens with one attached hydrogen (secondary N) is 2. The third-order valence-electron chi connectivity index (χ3n) is 4.58. The second-order valence-corrected chi connectivity index (χ2v) is 6.47. The van der Waals surface area contributed by atoms with Crippen LogP contribution in [0.1, 0.15) is 40.7 Å². The van der Waals surface area contributed by atoms with Crippen LogP contribution in [-0.4, -0.2) is 35.5 Å². The van der Waals surface area contributed by atoms with Crippen molar-refractivity contribution < 1.29 is 18.8 Å². The lowest BCUT2D eigenvalue weighted by Crippen LogP contribution is -2.13. The quantitative estimate of drug-likeness (QED) is 0.690. The van der Waals surface area contributed by atoms with Crippen LogP contribution in [0.25, 0.3) is 11.3 Å². The molecule has 0 aliphatic heterocycles. The first-order valence-corrected chi connectivity index (χ1v) is 8.66. The smallest absolute Gasteiger partial charge is 0.273 e. The fraction of sp³-hybridized carbons (Fsp3) is 0.316. The zero-order valence-electron chi connectivity index (χ0n) is 15.3. The number of carbonyl (C=O) groups is 1. The first-order valence-electron chi connectivity index (χ1n) is 8.66. The van der Waals surface area contributed by atoms with E-state index in [4.69, 9.17) is 14.0 Å². The van der Waals surface area contributed by atoms with Gasteiger partial charge in [0.25, 0.3) is 5.91 Å². The lowest BCUT2D eigenvalue weighted by Gasteiger charge is -2.08. The number of hydrogen-bond acceptors (Lipinski definition) is 6. The van der Waals surface area contributed by atoms with Crippen molar-refractivity contribution >= 4 is 11.6 Å². The van der Waals surface area contributed by atoms with Crippen molar-refractivity contribution in [2.45, 2.75) is 25.7 Å². The minimum Gasteiger partial charge on any atom is -0.497 e. The molecule has 2 aromatic heterocycles. The first kappa shape index (κ1) is 17.1. The highest BCUT2D eigenvalue weighted by atomic mass is 16.5. The Morgan fingerprint density at radius 2 is 2.07 bits per heavy atom. The summed E-state index contributed by atoms with van der Waals surface area (Å²) >= 11 is 0. The molecule has 0 bridgehead atoms. The van der Waals surface area contributed by atoms with Crippen LogP contribution in [0.2, 0.25) is 0 Å². The second-order valence-electron chi connectivity index (χ2n) is 6.47. The van der Waals surface area contributed by atoms with E-state index >= 15 is 0 Å². The molecule has 4 rings (SSSR count). The minimum atomic E-state index is -0.297. The van der Waals surface area contributed by atoms with Gasteiger partial charge in [0, 0.05) is 17.5 Å². The number of anilines is 1. The van der Waals surface area contributed by atoms with Gasteiger partial charge in [0.15, 0.2) is 5.76 Å². The lowest BCUT2D eigenvalue weighted by atomic mass is 10.1. The number of nitrogens with zero attached hydrogens (tertiary/aromatic N) is 2. The number of benzene rings is 1. The normalized spacial score (nSPS) is 13.4. The van der Waals surface area contributed by atoms with Crippen LogP contribution in [0.4, 0.5) is 5.69 Å². The van der Waals surface area contributed by atoms with Gasteiger partial charge >= 0.3 is 0 Å². The Morgan fingerprint density at radius 3 is 2.78 bits per heavy atom. The number of aromatic amines is 1. The number of ether oxygens (including phenoxy) is 2. The predicted molar refractivity (Wildman–Crippen MR) is 98.3 cm³/mol. The minimum absolute atomic E-state index is 0.297. The summed E-state index contributed by atoms with van der Waals surface area (Å²) in [6, 6.07) is 7.10. The topological polar surface area (TPSA) is 102 Å². The van der Waals surface area contributed by atoms with Gasteiger partial charge in [0.05, 0.1) is 19.9 Å². The van der Waals surface area contributed by atoms with Crippen LogP contribution in [0.5, 0.6) is 11.5 Å². The summed E-state index contributed by atoms with van der Waals surface area (Å²) in [5.41, 5.74) is 3.02. The third-order valence-corrected chi connectivity index (χ3v) is 4.58. The Bertz CT molecular complexity index is 988. The molecule has 3 aromatic rings. The maximum absolute atomic E-state index is 12.7. The molecular formula is C19H20N4O4. The standard InChI is InChI=1S/C19H20N4O4/c1-10-17(18(27-23-10)11-4-5-11)20-19(24)15-9-14(21-22-15)13-7-6-12(25-2)8-16(13)26-3/h6-9,11H,4-5H2,1-3H3,(H,20,24)(H,21,22). The van der Waals surface area contributed by atoms with Crippen LogP contribution in [0, 0.1) is 6.92 Å². The fourth-order valence-electron chi connectivity index (χ4n) is 2.93. The van der Waals surface area contributed by atoms with E-state index in [1.165, 1.54) is 0 Å². The van der Waals surface area contributed by atoms with E-state index < -0.39 is 0 Å². The van der Waals surface area contributed by atoms with Crippen molar-refractivity contribution in [1.82, 2.24) is 15.4 Å². The molecule has 140 valence electrons. The zero-order chi connectivity index (χ0) is 19.0. The molecule has 1 saturated carbocycles. The number of carbonyl (C=O) groups excluding carboxylic acids is 1. The number of methoxy groups -OCH3 is 2. The highest BCUT2D eigenvalue weighted by molar-refractivity contribution is 6.04. The van der Waals surface area contributed by atoms with Gasteiger partial charge in [-0.3, -0.25) is 9.89 Å².